The van der Waals surface area contributed by atoms with Crippen LogP contribution in [0, 0.1) is 0 Å². The highest BCUT2D eigenvalue weighted by Gasteiger charge is 2.23. The molecule has 3 aromatic rings. The fourth-order valence-corrected chi connectivity index (χ4v) is 3.12. The Kier molecular flexibility index (Phi) is 3.24. The summed E-state index contributed by atoms with van der Waals surface area (Å²) in [5.41, 5.74) is 6.23. The third-order valence-electron chi connectivity index (χ3n) is 4.30. The standard InChI is InChI=1S/C17H16N4O2/c22-16(20-23)12-5-3-4-11-8-9-21(10-13(11)12)17-18-14-6-1-2-7-15(14)19-17/h1-7,23H,8-10H2,(H,18,19)(H,20,22). The minimum atomic E-state index is -0.478. The van der Waals surface area contributed by atoms with Crippen molar-refractivity contribution < 1.29 is 10.0 Å². The molecule has 0 radical (unpaired) electrons. The summed E-state index contributed by atoms with van der Waals surface area (Å²) in [5.74, 6) is 0.323. The van der Waals surface area contributed by atoms with Crippen molar-refractivity contribution in [3.8, 4) is 0 Å². The van der Waals surface area contributed by atoms with Gasteiger partial charge in [-0.3, -0.25) is 10.0 Å². The molecule has 0 unspecified atom stereocenters. The number of benzene rings is 2. The highest BCUT2D eigenvalue weighted by molar-refractivity contribution is 5.95. The van der Waals surface area contributed by atoms with E-state index >= 15 is 0 Å². The number of fused-ring (bicyclic) bond motifs is 2. The first-order chi connectivity index (χ1) is 11.3. The van der Waals surface area contributed by atoms with Gasteiger partial charge in [-0.05, 0) is 35.7 Å². The maximum atomic E-state index is 11.9. The Balaban J connectivity index is 1.71. The number of nitrogens with zero attached hydrogens (tertiary/aromatic N) is 2. The van der Waals surface area contributed by atoms with Crippen LogP contribution in [-0.2, 0) is 13.0 Å². The lowest BCUT2D eigenvalue weighted by atomic mass is 9.94. The van der Waals surface area contributed by atoms with Crippen LogP contribution >= 0.6 is 0 Å². The van der Waals surface area contributed by atoms with Crippen LogP contribution in [-0.4, -0.2) is 27.6 Å². The largest absolute Gasteiger partial charge is 0.338 e. The normalized spacial score (nSPS) is 13.9. The summed E-state index contributed by atoms with van der Waals surface area (Å²) < 4.78 is 0. The number of carbonyl (C=O) groups excluding carboxylic acids is 1. The van der Waals surface area contributed by atoms with Gasteiger partial charge >= 0.3 is 0 Å². The number of carbonyl (C=O) groups is 1. The summed E-state index contributed by atoms with van der Waals surface area (Å²) in [4.78, 5) is 21.9. The Morgan fingerprint density at radius 1 is 1.22 bits per heavy atom. The number of aromatic amines is 1. The molecule has 6 heteroatoms. The number of anilines is 1. The molecule has 23 heavy (non-hydrogen) atoms. The van der Waals surface area contributed by atoms with Crippen LogP contribution in [0.2, 0.25) is 0 Å². The van der Waals surface area contributed by atoms with Crippen molar-refractivity contribution in [2.24, 2.45) is 0 Å². The van der Waals surface area contributed by atoms with E-state index in [0.717, 1.165) is 41.1 Å². The summed E-state index contributed by atoms with van der Waals surface area (Å²) in [7, 11) is 0. The SMILES string of the molecule is O=C(NO)c1cccc2c1CN(c1nc3ccccc3[nH]1)CC2. The molecule has 3 N–H and O–H groups in total. The van der Waals surface area contributed by atoms with E-state index in [-0.39, 0.29) is 0 Å². The van der Waals surface area contributed by atoms with Gasteiger partial charge < -0.3 is 9.88 Å². The summed E-state index contributed by atoms with van der Waals surface area (Å²) in [6.45, 7) is 1.41. The Morgan fingerprint density at radius 2 is 2.09 bits per heavy atom. The molecular formula is C17H16N4O2. The van der Waals surface area contributed by atoms with E-state index < -0.39 is 5.91 Å². The van der Waals surface area contributed by atoms with Crippen molar-refractivity contribution in [3.05, 3.63) is 59.2 Å². The van der Waals surface area contributed by atoms with Crippen LogP contribution in [0.25, 0.3) is 11.0 Å². The quantitative estimate of drug-likeness (QED) is 0.501. The van der Waals surface area contributed by atoms with E-state index in [0.29, 0.717) is 12.1 Å². The summed E-state index contributed by atoms with van der Waals surface area (Å²) >= 11 is 0. The molecule has 2 aromatic carbocycles. The van der Waals surface area contributed by atoms with Gasteiger partial charge in [-0.25, -0.2) is 10.5 Å². The molecule has 0 bridgehead atoms. The van der Waals surface area contributed by atoms with Crippen molar-refractivity contribution in [3.63, 3.8) is 0 Å². The third kappa shape index (κ3) is 2.33. The van der Waals surface area contributed by atoms with Crippen LogP contribution in [0.3, 0.4) is 0 Å². The number of imidazole rings is 1. The predicted molar refractivity (Wildman–Crippen MR) is 86.5 cm³/mol. The first kappa shape index (κ1) is 13.8. The molecule has 0 saturated carbocycles. The van der Waals surface area contributed by atoms with Crippen molar-refractivity contribution in [1.82, 2.24) is 15.4 Å². The fraction of sp³-hybridized carbons (Fsp3) is 0.176. The van der Waals surface area contributed by atoms with Crippen LogP contribution in [0.5, 0.6) is 0 Å². The van der Waals surface area contributed by atoms with Gasteiger partial charge in [0, 0.05) is 18.7 Å². The summed E-state index contributed by atoms with van der Waals surface area (Å²) in [6.07, 6.45) is 0.832. The van der Waals surface area contributed by atoms with Gasteiger partial charge in [0.25, 0.3) is 5.91 Å². The number of hydrogen-bond donors (Lipinski definition) is 3. The number of aromatic nitrogens is 2. The summed E-state index contributed by atoms with van der Waals surface area (Å²) in [6, 6.07) is 13.5. The van der Waals surface area contributed by atoms with Crippen LogP contribution in [0.4, 0.5) is 5.95 Å². The molecule has 2 heterocycles. The van der Waals surface area contributed by atoms with Crippen LogP contribution in [0.1, 0.15) is 21.5 Å². The second-order valence-corrected chi connectivity index (χ2v) is 5.63. The van der Waals surface area contributed by atoms with E-state index in [1.54, 1.807) is 11.5 Å². The van der Waals surface area contributed by atoms with Crippen molar-refractivity contribution in [1.29, 1.82) is 0 Å². The molecule has 0 aliphatic carbocycles. The molecule has 0 fully saturated rings. The number of H-pyrrole nitrogens is 1. The Bertz CT molecular complexity index is 854. The zero-order valence-corrected chi connectivity index (χ0v) is 12.4. The molecule has 116 valence electrons. The predicted octanol–water partition coefficient (Wildman–Crippen LogP) is 2.24. The van der Waals surface area contributed by atoms with Crippen LogP contribution in [0.15, 0.2) is 42.5 Å². The molecule has 4 rings (SSSR count). The lowest BCUT2D eigenvalue weighted by Gasteiger charge is -2.29. The van der Waals surface area contributed by atoms with Gasteiger partial charge in [0.2, 0.25) is 5.95 Å². The molecule has 1 aliphatic heterocycles. The second kappa shape index (κ2) is 5.40. The molecule has 6 nitrogen and oxygen atoms in total. The number of rotatable bonds is 2. The smallest absolute Gasteiger partial charge is 0.274 e. The lowest BCUT2D eigenvalue weighted by molar-refractivity contribution is 0.0705. The van der Waals surface area contributed by atoms with Gasteiger partial charge in [-0.15, -0.1) is 0 Å². The summed E-state index contributed by atoms with van der Waals surface area (Å²) in [5, 5.41) is 8.94. The molecule has 0 spiro atoms. The van der Waals surface area contributed by atoms with E-state index in [1.807, 2.05) is 36.4 Å². The molecule has 1 amide bonds. The third-order valence-corrected chi connectivity index (χ3v) is 4.30. The first-order valence-corrected chi connectivity index (χ1v) is 7.51. The zero-order valence-electron chi connectivity index (χ0n) is 12.4. The Morgan fingerprint density at radius 3 is 2.91 bits per heavy atom. The van der Waals surface area contributed by atoms with E-state index in [9.17, 15) is 4.79 Å². The highest BCUT2D eigenvalue weighted by atomic mass is 16.5. The Labute approximate surface area is 132 Å². The van der Waals surface area contributed by atoms with Crippen LogP contribution < -0.4 is 10.4 Å². The maximum absolute atomic E-state index is 11.9. The van der Waals surface area contributed by atoms with Crippen molar-refractivity contribution in [2.75, 3.05) is 11.4 Å². The number of nitrogens with one attached hydrogen (secondary N) is 2. The minimum absolute atomic E-state index is 0.478. The maximum Gasteiger partial charge on any atom is 0.274 e. The monoisotopic (exact) mass is 308 g/mol. The number of hydroxylamine groups is 1. The van der Waals surface area contributed by atoms with E-state index in [4.69, 9.17) is 5.21 Å². The zero-order chi connectivity index (χ0) is 15.8. The number of hydrogen-bond acceptors (Lipinski definition) is 4. The van der Waals surface area contributed by atoms with Gasteiger partial charge in [0.1, 0.15) is 0 Å². The fourth-order valence-electron chi connectivity index (χ4n) is 3.12. The van der Waals surface area contributed by atoms with E-state index in [2.05, 4.69) is 14.9 Å². The number of amides is 1. The van der Waals surface area contributed by atoms with Gasteiger partial charge in [-0.1, -0.05) is 24.3 Å². The second-order valence-electron chi connectivity index (χ2n) is 5.63. The van der Waals surface area contributed by atoms with Crippen molar-refractivity contribution in [2.45, 2.75) is 13.0 Å². The lowest BCUT2D eigenvalue weighted by Crippen LogP contribution is -2.33. The molecule has 1 aliphatic rings. The average Bonchev–Trinajstić information content (AvgIpc) is 3.04. The Hall–Kier alpha value is -2.86. The highest BCUT2D eigenvalue weighted by Crippen LogP contribution is 2.26. The van der Waals surface area contributed by atoms with Gasteiger partial charge in [-0.2, -0.15) is 0 Å². The first-order valence-electron chi connectivity index (χ1n) is 7.51. The molecule has 0 saturated heterocycles. The minimum Gasteiger partial charge on any atom is -0.338 e. The average molecular weight is 308 g/mol. The molecular weight excluding hydrogens is 292 g/mol. The van der Waals surface area contributed by atoms with E-state index in [1.165, 1.54) is 0 Å². The van der Waals surface area contributed by atoms with Gasteiger partial charge in [0.05, 0.1) is 11.0 Å². The molecule has 1 aromatic heterocycles. The topological polar surface area (TPSA) is 81.2 Å². The number of para-hydroxylation sites is 2. The van der Waals surface area contributed by atoms with Crippen molar-refractivity contribution >= 4 is 22.9 Å². The van der Waals surface area contributed by atoms with Gasteiger partial charge in [0.15, 0.2) is 0 Å². The molecule has 0 atom stereocenters.